The Balaban J connectivity index is 1.69. The first-order valence-corrected chi connectivity index (χ1v) is 10.5. The third-order valence-corrected chi connectivity index (χ3v) is 5.54. The van der Waals surface area contributed by atoms with Gasteiger partial charge >= 0.3 is 0 Å². The van der Waals surface area contributed by atoms with Crippen molar-refractivity contribution in [1.29, 1.82) is 0 Å². The van der Waals surface area contributed by atoms with Crippen LogP contribution >= 0.6 is 11.8 Å². The molecule has 0 amide bonds. The number of rotatable bonds is 7. The molecule has 0 saturated heterocycles. The van der Waals surface area contributed by atoms with Gasteiger partial charge in [-0.15, -0.1) is 10.2 Å². The molecule has 0 radical (unpaired) electrons. The summed E-state index contributed by atoms with van der Waals surface area (Å²) in [6.07, 6.45) is 5.33. The summed E-state index contributed by atoms with van der Waals surface area (Å²) in [6.45, 7) is 6.31. The molecule has 7 nitrogen and oxygen atoms in total. The van der Waals surface area contributed by atoms with Crippen LogP contribution in [0, 0.1) is 13.8 Å². The van der Waals surface area contributed by atoms with Gasteiger partial charge in [-0.25, -0.2) is 0 Å². The van der Waals surface area contributed by atoms with Crippen molar-refractivity contribution in [2.45, 2.75) is 44.5 Å². The van der Waals surface area contributed by atoms with Crippen LogP contribution in [-0.4, -0.2) is 29.9 Å². The van der Waals surface area contributed by atoms with E-state index in [4.69, 9.17) is 4.52 Å². The van der Waals surface area contributed by atoms with Crippen molar-refractivity contribution in [3.63, 3.8) is 0 Å². The number of pyridine rings is 1. The third kappa shape index (κ3) is 4.22. The number of hydrogen-bond acceptors (Lipinski definition) is 7. The zero-order chi connectivity index (χ0) is 20.2. The van der Waals surface area contributed by atoms with E-state index in [-0.39, 0.29) is 0 Å². The van der Waals surface area contributed by atoms with E-state index in [0.29, 0.717) is 11.6 Å². The Morgan fingerprint density at radius 2 is 1.86 bits per heavy atom. The predicted octanol–water partition coefficient (Wildman–Crippen LogP) is 4.57. The van der Waals surface area contributed by atoms with Crippen LogP contribution in [0.1, 0.15) is 36.2 Å². The largest absolute Gasteiger partial charge is 0.338 e. The van der Waals surface area contributed by atoms with Crippen LogP contribution in [0.5, 0.6) is 0 Å². The van der Waals surface area contributed by atoms with Crippen LogP contribution in [0.3, 0.4) is 0 Å². The van der Waals surface area contributed by atoms with Crippen LogP contribution in [-0.2, 0) is 12.2 Å². The maximum Gasteiger partial charge on any atom is 0.237 e. The van der Waals surface area contributed by atoms with E-state index in [2.05, 4.69) is 68.9 Å². The molecular weight excluding hydrogens is 384 g/mol. The lowest BCUT2D eigenvalue weighted by Gasteiger charge is -2.11. The molecule has 148 valence electrons. The molecule has 29 heavy (non-hydrogen) atoms. The van der Waals surface area contributed by atoms with Gasteiger partial charge < -0.3 is 4.52 Å². The summed E-state index contributed by atoms with van der Waals surface area (Å²) >= 11 is 1.53. The fourth-order valence-corrected chi connectivity index (χ4v) is 3.74. The normalized spacial score (nSPS) is 11.1. The molecule has 3 heterocycles. The molecule has 0 bridgehead atoms. The summed E-state index contributed by atoms with van der Waals surface area (Å²) in [6, 6.07) is 10.2. The quantitative estimate of drug-likeness (QED) is 0.416. The van der Waals surface area contributed by atoms with Gasteiger partial charge in [-0.1, -0.05) is 29.9 Å². The van der Waals surface area contributed by atoms with Crippen molar-refractivity contribution < 1.29 is 4.52 Å². The standard InChI is InChI=1S/C21H22N6OS/c1-4-5-18-23-19(28-26-18)13-29-21-25-24-20(16-8-10-22-11-9-16)27(21)17-7-6-14(2)15(3)12-17/h6-12H,4-5,13H2,1-3H3. The van der Waals surface area contributed by atoms with Crippen LogP contribution in [0.4, 0.5) is 0 Å². The molecule has 0 N–H and O–H groups in total. The fourth-order valence-electron chi connectivity index (χ4n) is 2.95. The Bertz CT molecular complexity index is 1110. The number of benzene rings is 1. The monoisotopic (exact) mass is 406 g/mol. The minimum Gasteiger partial charge on any atom is -0.338 e. The van der Waals surface area contributed by atoms with Crippen LogP contribution in [0.25, 0.3) is 17.1 Å². The second-order valence-corrected chi connectivity index (χ2v) is 7.73. The molecule has 4 aromatic rings. The molecule has 3 aromatic heterocycles. The van der Waals surface area contributed by atoms with Gasteiger partial charge in [0.1, 0.15) is 0 Å². The predicted molar refractivity (Wildman–Crippen MR) is 112 cm³/mol. The van der Waals surface area contributed by atoms with Crippen molar-refractivity contribution in [2.24, 2.45) is 0 Å². The molecule has 0 unspecified atom stereocenters. The molecule has 0 aliphatic rings. The minimum atomic E-state index is 0.538. The van der Waals surface area contributed by atoms with Crippen LogP contribution in [0.15, 0.2) is 52.4 Å². The van der Waals surface area contributed by atoms with E-state index in [1.54, 1.807) is 12.4 Å². The lowest BCUT2D eigenvalue weighted by molar-refractivity contribution is 0.384. The summed E-state index contributed by atoms with van der Waals surface area (Å²) in [4.78, 5) is 8.55. The van der Waals surface area contributed by atoms with Crippen LogP contribution in [0.2, 0.25) is 0 Å². The Hall–Kier alpha value is -3.00. The van der Waals surface area contributed by atoms with Gasteiger partial charge in [0.25, 0.3) is 0 Å². The topological polar surface area (TPSA) is 82.5 Å². The van der Waals surface area contributed by atoms with Crippen molar-refractivity contribution in [1.82, 2.24) is 29.9 Å². The maximum absolute atomic E-state index is 5.36. The first kappa shape index (κ1) is 19.3. The summed E-state index contributed by atoms with van der Waals surface area (Å²) in [5.74, 6) is 2.65. The highest BCUT2D eigenvalue weighted by Crippen LogP contribution is 2.30. The molecule has 1 aromatic carbocycles. The van der Waals surface area contributed by atoms with E-state index >= 15 is 0 Å². The Labute approximate surface area is 173 Å². The van der Waals surface area contributed by atoms with Gasteiger partial charge in [-0.05, 0) is 55.7 Å². The van der Waals surface area contributed by atoms with Gasteiger partial charge in [0.2, 0.25) is 5.89 Å². The van der Waals surface area contributed by atoms with Crippen molar-refractivity contribution in [2.75, 3.05) is 0 Å². The Kier molecular flexibility index (Phi) is 5.71. The number of aryl methyl sites for hydroxylation is 3. The highest BCUT2D eigenvalue weighted by atomic mass is 32.2. The molecule has 0 saturated carbocycles. The van der Waals surface area contributed by atoms with E-state index in [1.165, 1.54) is 22.9 Å². The van der Waals surface area contributed by atoms with Gasteiger partial charge in [-0.3, -0.25) is 9.55 Å². The van der Waals surface area contributed by atoms with Gasteiger partial charge in [0.15, 0.2) is 16.8 Å². The number of aromatic nitrogens is 6. The lowest BCUT2D eigenvalue weighted by Crippen LogP contribution is -2.01. The molecule has 0 atom stereocenters. The number of thioether (sulfide) groups is 1. The van der Waals surface area contributed by atoms with Crippen molar-refractivity contribution >= 4 is 11.8 Å². The van der Waals surface area contributed by atoms with E-state index in [1.807, 2.05) is 12.1 Å². The molecule has 0 spiro atoms. The number of nitrogens with zero attached hydrogens (tertiary/aromatic N) is 6. The van der Waals surface area contributed by atoms with Crippen molar-refractivity contribution in [3.8, 4) is 17.1 Å². The van der Waals surface area contributed by atoms with Gasteiger partial charge in [0.05, 0.1) is 11.4 Å². The summed E-state index contributed by atoms with van der Waals surface area (Å²) in [5.41, 5.74) is 4.44. The molecular formula is C21H22N6OS. The second kappa shape index (κ2) is 8.57. The fraction of sp³-hybridized carbons (Fsp3) is 0.286. The zero-order valence-corrected chi connectivity index (χ0v) is 17.5. The van der Waals surface area contributed by atoms with Gasteiger partial charge in [-0.2, -0.15) is 4.98 Å². The first-order valence-electron chi connectivity index (χ1n) is 9.53. The van der Waals surface area contributed by atoms with E-state index in [9.17, 15) is 0 Å². The van der Waals surface area contributed by atoms with Crippen molar-refractivity contribution in [3.05, 3.63) is 65.6 Å². The Morgan fingerprint density at radius 1 is 1.03 bits per heavy atom. The highest BCUT2D eigenvalue weighted by Gasteiger charge is 2.18. The van der Waals surface area contributed by atoms with E-state index in [0.717, 1.165) is 40.9 Å². The lowest BCUT2D eigenvalue weighted by atomic mass is 10.1. The highest BCUT2D eigenvalue weighted by molar-refractivity contribution is 7.98. The summed E-state index contributed by atoms with van der Waals surface area (Å²) in [5, 5.41) is 13.7. The van der Waals surface area contributed by atoms with E-state index < -0.39 is 0 Å². The average molecular weight is 407 g/mol. The second-order valence-electron chi connectivity index (χ2n) is 6.79. The molecule has 4 rings (SSSR count). The summed E-state index contributed by atoms with van der Waals surface area (Å²) < 4.78 is 7.43. The zero-order valence-electron chi connectivity index (χ0n) is 16.7. The summed E-state index contributed by atoms with van der Waals surface area (Å²) in [7, 11) is 0. The minimum absolute atomic E-state index is 0.538. The molecule has 0 fully saturated rings. The Morgan fingerprint density at radius 3 is 2.62 bits per heavy atom. The maximum atomic E-state index is 5.36. The third-order valence-electron chi connectivity index (χ3n) is 4.63. The molecule has 8 heteroatoms. The number of hydrogen-bond donors (Lipinski definition) is 0. The van der Waals surface area contributed by atoms with Crippen LogP contribution < -0.4 is 0 Å². The van der Waals surface area contributed by atoms with Gasteiger partial charge in [0, 0.05) is 24.4 Å². The average Bonchev–Trinajstić information content (AvgIpc) is 3.36. The SMILES string of the molecule is CCCc1noc(CSc2nnc(-c3ccncc3)n2-c2ccc(C)c(C)c2)n1. The molecule has 0 aliphatic carbocycles. The molecule has 0 aliphatic heterocycles. The first-order chi connectivity index (χ1) is 14.2. The smallest absolute Gasteiger partial charge is 0.237 e.